The van der Waals surface area contributed by atoms with Crippen molar-refractivity contribution in [3.63, 3.8) is 0 Å². The second-order valence-electron chi connectivity index (χ2n) is 2.30. The van der Waals surface area contributed by atoms with Gasteiger partial charge in [0.15, 0.2) is 0 Å². The molecule has 0 aromatic heterocycles. The Kier molecular flexibility index (Phi) is 3.88. The van der Waals surface area contributed by atoms with Crippen LogP contribution in [0, 0.1) is 10.1 Å². The van der Waals surface area contributed by atoms with Gasteiger partial charge in [-0.3, -0.25) is 10.1 Å². The van der Waals surface area contributed by atoms with Crippen molar-refractivity contribution in [2.24, 2.45) is 0 Å². The summed E-state index contributed by atoms with van der Waals surface area (Å²) in [5.74, 6) is 0. The zero-order valence-electron chi connectivity index (χ0n) is 6.70. The highest BCUT2D eigenvalue weighted by atomic mass is 16.6. The van der Waals surface area contributed by atoms with Gasteiger partial charge in [-0.15, -0.1) is 0 Å². The van der Waals surface area contributed by atoms with Crippen LogP contribution < -0.4 is 0 Å². The van der Waals surface area contributed by atoms with Crippen molar-refractivity contribution in [3.8, 4) is 0 Å². The average molecular weight is 153 g/mol. The second-order valence-corrected chi connectivity index (χ2v) is 2.30. The summed E-state index contributed by atoms with van der Waals surface area (Å²) in [5.41, 5.74) is 1.04. The fraction of sp³-hybridized carbons (Fsp3) is 0.250. The Balaban J connectivity index is 4.50. The molecule has 0 amide bonds. The third-order valence-electron chi connectivity index (χ3n) is 1.01. The molecule has 0 aliphatic heterocycles. The first-order valence-corrected chi connectivity index (χ1v) is 3.20. The van der Waals surface area contributed by atoms with Crippen LogP contribution in [0.2, 0.25) is 0 Å². The molecule has 11 heavy (non-hydrogen) atoms. The van der Waals surface area contributed by atoms with Crippen LogP contribution in [0.4, 0.5) is 0 Å². The molecule has 0 rings (SSSR count). The largest absolute Gasteiger partial charge is 0.268 e. The molecule has 0 atom stereocenters. The number of allylic oxidation sites excluding steroid dienone is 4. The molecule has 0 radical (unpaired) electrons. The Labute approximate surface area is 65.9 Å². The monoisotopic (exact) mass is 153 g/mol. The minimum atomic E-state index is -0.466. The van der Waals surface area contributed by atoms with Crippen LogP contribution in [-0.2, 0) is 0 Å². The highest BCUT2D eigenvalue weighted by Gasteiger charge is 2.00. The summed E-state index contributed by atoms with van der Waals surface area (Å²) in [6, 6.07) is 0. The molecular formula is C8H11NO2. The first kappa shape index (κ1) is 9.62. The molecule has 0 aromatic rings. The van der Waals surface area contributed by atoms with E-state index < -0.39 is 4.92 Å². The first-order chi connectivity index (χ1) is 5.07. The van der Waals surface area contributed by atoms with Gasteiger partial charge >= 0.3 is 0 Å². The van der Waals surface area contributed by atoms with Crippen LogP contribution in [-0.4, -0.2) is 4.92 Å². The number of nitrogens with zero attached hydrogens (tertiary/aromatic N) is 1. The van der Waals surface area contributed by atoms with Gasteiger partial charge in [0.05, 0.1) is 4.92 Å². The predicted octanol–water partition coefficient (Wildman–Crippen LogP) is 2.30. The van der Waals surface area contributed by atoms with Crippen molar-refractivity contribution in [2.75, 3.05) is 0 Å². The Morgan fingerprint density at radius 2 is 2.00 bits per heavy atom. The van der Waals surface area contributed by atoms with E-state index in [1.165, 1.54) is 12.2 Å². The van der Waals surface area contributed by atoms with E-state index in [2.05, 4.69) is 6.58 Å². The Hall–Kier alpha value is -1.38. The van der Waals surface area contributed by atoms with Gasteiger partial charge in [-0.25, -0.2) is 0 Å². The van der Waals surface area contributed by atoms with Gasteiger partial charge in [0.1, 0.15) is 0 Å². The van der Waals surface area contributed by atoms with Gasteiger partial charge in [-0.2, -0.15) is 0 Å². The van der Waals surface area contributed by atoms with Gasteiger partial charge in [0, 0.05) is 12.2 Å². The summed E-state index contributed by atoms with van der Waals surface area (Å²) < 4.78 is 0. The molecular weight excluding hydrogens is 142 g/mol. The van der Waals surface area contributed by atoms with E-state index >= 15 is 0 Å². The van der Waals surface area contributed by atoms with E-state index in [4.69, 9.17) is 0 Å². The van der Waals surface area contributed by atoms with Gasteiger partial charge < -0.3 is 0 Å². The van der Waals surface area contributed by atoms with E-state index in [-0.39, 0.29) is 5.70 Å². The number of hydrogen-bond acceptors (Lipinski definition) is 2. The molecule has 0 aliphatic rings. The lowest BCUT2D eigenvalue weighted by molar-refractivity contribution is -0.418. The molecule has 0 heterocycles. The summed E-state index contributed by atoms with van der Waals surface area (Å²) in [4.78, 5) is 9.71. The third-order valence-corrected chi connectivity index (χ3v) is 1.01. The molecule has 0 bridgehead atoms. The summed E-state index contributed by atoms with van der Waals surface area (Å²) in [6.07, 6.45) is 4.33. The lowest BCUT2D eigenvalue weighted by atomic mass is 10.3. The van der Waals surface area contributed by atoms with Crippen LogP contribution in [0.5, 0.6) is 0 Å². The van der Waals surface area contributed by atoms with Gasteiger partial charge in [0.2, 0.25) is 0 Å². The number of rotatable bonds is 3. The molecule has 0 unspecified atom stereocenters. The van der Waals surface area contributed by atoms with Crippen molar-refractivity contribution < 1.29 is 4.92 Å². The van der Waals surface area contributed by atoms with Crippen molar-refractivity contribution in [1.82, 2.24) is 0 Å². The first-order valence-electron chi connectivity index (χ1n) is 3.20. The van der Waals surface area contributed by atoms with E-state index in [1.807, 2.05) is 13.8 Å². The summed E-state index contributed by atoms with van der Waals surface area (Å²) >= 11 is 0. The van der Waals surface area contributed by atoms with Crippen molar-refractivity contribution in [2.45, 2.75) is 13.8 Å². The van der Waals surface area contributed by atoms with Crippen molar-refractivity contribution in [1.29, 1.82) is 0 Å². The number of hydrogen-bond donors (Lipinski definition) is 0. The van der Waals surface area contributed by atoms with Crippen LogP contribution in [0.25, 0.3) is 0 Å². The average Bonchev–Trinajstić information content (AvgIpc) is 1.87. The molecule has 0 saturated heterocycles. The molecule has 3 heteroatoms. The quantitative estimate of drug-likeness (QED) is 0.354. The van der Waals surface area contributed by atoms with E-state index in [0.29, 0.717) is 0 Å². The zero-order valence-corrected chi connectivity index (χ0v) is 6.70. The zero-order chi connectivity index (χ0) is 8.85. The van der Waals surface area contributed by atoms with Gasteiger partial charge in [0.25, 0.3) is 5.70 Å². The smallest absolute Gasteiger partial charge is 0.258 e. The Morgan fingerprint density at radius 1 is 1.45 bits per heavy atom. The molecule has 3 nitrogen and oxygen atoms in total. The lowest BCUT2D eigenvalue weighted by Gasteiger charge is -1.87. The minimum absolute atomic E-state index is 0.0196. The second kappa shape index (κ2) is 4.44. The molecule has 60 valence electrons. The Bertz CT molecular complexity index is 222. The summed E-state index contributed by atoms with van der Waals surface area (Å²) in [5, 5.41) is 10.2. The van der Waals surface area contributed by atoms with Crippen LogP contribution >= 0.6 is 0 Å². The normalized spacial score (nSPS) is 10.5. The van der Waals surface area contributed by atoms with Crippen molar-refractivity contribution in [3.05, 3.63) is 46.2 Å². The van der Waals surface area contributed by atoms with Crippen LogP contribution in [0.3, 0.4) is 0 Å². The fourth-order valence-electron chi connectivity index (χ4n) is 0.455. The molecule has 0 aromatic carbocycles. The maximum Gasteiger partial charge on any atom is 0.268 e. The standard InChI is InChI=1S/C8H11NO2/c1-4-8(9(10)11)6-5-7(2)3/h4-6H,1H2,2-3H3/b8-6+. The van der Waals surface area contributed by atoms with E-state index in [9.17, 15) is 10.1 Å². The maximum absolute atomic E-state index is 10.2. The molecule has 0 saturated carbocycles. The van der Waals surface area contributed by atoms with Crippen LogP contribution in [0.15, 0.2) is 36.1 Å². The summed E-state index contributed by atoms with van der Waals surface area (Å²) in [7, 11) is 0. The molecule has 0 aliphatic carbocycles. The van der Waals surface area contributed by atoms with Crippen molar-refractivity contribution >= 4 is 0 Å². The molecule has 0 N–H and O–H groups in total. The van der Waals surface area contributed by atoms with E-state index in [0.717, 1.165) is 5.57 Å². The molecule has 0 fully saturated rings. The lowest BCUT2D eigenvalue weighted by Crippen LogP contribution is -1.93. The van der Waals surface area contributed by atoms with Gasteiger partial charge in [-0.05, 0) is 13.8 Å². The molecule has 0 spiro atoms. The SMILES string of the molecule is C=C/C(=C\C=C(C)C)[N+](=O)[O-]. The fourth-order valence-corrected chi connectivity index (χ4v) is 0.455. The highest BCUT2D eigenvalue weighted by molar-refractivity contribution is 5.17. The number of nitro groups is 1. The Morgan fingerprint density at radius 3 is 2.27 bits per heavy atom. The third kappa shape index (κ3) is 4.08. The van der Waals surface area contributed by atoms with E-state index in [1.54, 1.807) is 6.08 Å². The predicted molar refractivity (Wildman–Crippen MR) is 44.7 cm³/mol. The topological polar surface area (TPSA) is 43.1 Å². The highest BCUT2D eigenvalue weighted by Crippen LogP contribution is 1.98. The van der Waals surface area contributed by atoms with Crippen LogP contribution in [0.1, 0.15) is 13.8 Å². The van der Waals surface area contributed by atoms with Gasteiger partial charge in [-0.1, -0.05) is 18.2 Å². The maximum atomic E-state index is 10.2. The minimum Gasteiger partial charge on any atom is -0.258 e. The summed E-state index contributed by atoms with van der Waals surface area (Å²) in [6.45, 7) is 7.07.